The van der Waals surface area contributed by atoms with Crippen LogP contribution in [0.3, 0.4) is 0 Å². The highest BCUT2D eigenvalue weighted by atomic mass is 32.2. The standard InChI is InChI=1S/C11H21N3O2S/c1-4-13(5-2)17(15,16)14-8-6-11(3,10-12)7-9-14/h4-9H2,1-3H3. The van der Waals surface area contributed by atoms with Crippen molar-refractivity contribution in [3.8, 4) is 6.07 Å². The Kier molecular flexibility index (Phi) is 4.53. The van der Waals surface area contributed by atoms with Crippen LogP contribution in [0.25, 0.3) is 0 Å². The predicted molar refractivity (Wildman–Crippen MR) is 66.4 cm³/mol. The minimum Gasteiger partial charge on any atom is -0.198 e. The van der Waals surface area contributed by atoms with Crippen molar-refractivity contribution in [3.63, 3.8) is 0 Å². The van der Waals surface area contributed by atoms with E-state index in [0.29, 0.717) is 39.0 Å². The zero-order chi connectivity index (χ0) is 13.1. The summed E-state index contributed by atoms with van der Waals surface area (Å²) < 4.78 is 27.4. The van der Waals surface area contributed by atoms with E-state index < -0.39 is 10.2 Å². The average molecular weight is 259 g/mol. The van der Waals surface area contributed by atoms with Crippen molar-refractivity contribution >= 4 is 10.2 Å². The number of piperidine rings is 1. The summed E-state index contributed by atoms with van der Waals surface area (Å²) in [7, 11) is -3.33. The van der Waals surface area contributed by atoms with Gasteiger partial charge in [-0.05, 0) is 19.8 Å². The molecule has 0 radical (unpaired) electrons. The van der Waals surface area contributed by atoms with Crippen molar-refractivity contribution in [2.75, 3.05) is 26.2 Å². The topological polar surface area (TPSA) is 64.4 Å². The number of hydrogen-bond acceptors (Lipinski definition) is 3. The number of rotatable bonds is 4. The molecule has 98 valence electrons. The molecule has 0 amide bonds. The van der Waals surface area contributed by atoms with Crippen LogP contribution in [0.5, 0.6) is 0 Å². The molecule has 0 aromatic heterocycles. The molecule has 1 aliphatic heterocycles. The van der Waals surface area contributed by atoms with Crippen molar-refractivity contribution < 1.29 is 8.42 Å². The summed E-state index contributed by atoms with van der Waals surface area (Å²) >= 11 is 0. The third-order valence-corrected chi connectivity index (χ3v) is 5.64. The van der Waals surface area contributed by atoms with Crippen molar-refractivity contribution in [2.45, 2.75) is 33.6 Å². The zero-order valence-corrected chi connectivity index (χ0v) is 11.6. The lowest BCUT2D eigenvalue weighted by molar-refractivity contribution is 0.220. The number of nitriles is 1. The molecular weight excluding hydrogens is 238 g/mol. The lowest BCUT2D eigenvalue weighted by Gasteiger charge is -2.36. The summed E-state index contributed by atoms with van der Waals surface area (Å²) in [5, 5.41) is 9.01. The van der Waals surface area contributed by atoms with Crippen LogP contribution in [-0.2, 0) is 10.2 Å². The molecule has 5 nitrogen and oxygen atoms in total. The maximum absolute atomic E-state index is 12.2. The van der Waals surface area contributed by atoms with Crippen LogP contribution in [0.4, 0.5) is 0 Å². The molecule has 0 N–H and O–H groups in total. The molecule has 0 atom stereocenters. The summed E-state index contributed by atoms with van der Waals surface area (Å²) in [4.78, 5) is 0. The highest BCUT2D eigenvalue weighted by Crippen LogP contribution is 2.31. The third kappa shape index (κ3) is 2.97. The molecular formula is C11H21N3O2S. The highest BCUT2D eigenvalue weighted by molar-refractivity contribution is 7.86. The van der Waals surface area contributed by atoms with Gasteiger partial charge >= 0.3 is 0 Å². The third-order valence-electron chi connectivity index (χ3n) is 3.45. The summed E-state index contributed by atoms with van der Waals surface area (Å²) in [5.41, 5.74) is -0.366. The molecule has 1 fully saturated rings. The van der Waals surface area contributed by atoms with Gasteiger partial charge in [-0.1, -0.05) is 13.8 Å². The highest BCUT2D eigenvalue weighted by Gasteiger charge is 2.36. The Hall–Kier alpha value is -0.640. The summed E-state index contributed by atoms with van der Waals surface area (Å²) in [6, 6.07) is 2.27. The average Bonchev–Trinajstić information content (AvgIpc) is 2.31. The van der Waals surface area contributed by atoms with Crippen LogP contribution in [-0.4, -0.2) is 43.2 Å². The van der Waals surface area contributed by atoms with E-state index in [-0.39, 0.29) is 5.41 Å². The first-order valence-corrected chi connectivity index (χ1v) is 7.46. The molecule has 0 aromatic carbocycles. The maximum Gasteiger partial charge on any atom is 0.281 e. The van der Waals surface area contributed by atoms with Crippen LogP contribution < -0.4 is 0 Å². The Balaban J connectivity index is 2.75. The first-order chi connectivity index (χ1) is 7.89. The molecule has 0 aromatic rings. The Morgan fingerprint density at radius 1 is 1.29 bits per heavy atom. The second kappa shape index (κ2) is 5.34. The smallest absolute Gasteiger partial charge is 0.198 e. The van der Waals surface area contributed by atoms with Gasteiger partial charge < -0.3 is 0 Å². The van der Waals surface area contributed by atoms with Crippen LogP contribution in [0.1, 0.15) is 33.6 Å². The van der Waals surface area contributed by atoms with Gasteiger partial charge in [-0.2, -0.15) is 22.3 Å². The second-order valence-corrected chi connectivity index (χ2v) is 6.59. The largest absolute Gasteiger partial charge is 0.281 e. The fourth-order valence-corrected chi connectivity index (χ4v) is 3.66. The van der Waals surface area contributed by atoms with E-state index in [1.54, 1.807) is 0 Å². The Labute approximate surface area is 104 Å². The second-order valence-electron chi connectivity index (χ2n) is 4.66. The van der Waals surface area contributed by atoms with Crippen molar-refractivity contribution in [1.82, 2.24) is 8.61 Å². The van der Waals surface area contributed by atoms with Crippen molar-refractivity contribution in [3.05, 3.63) is 0 Å². The maximum atomic E-state index is 12.2. The fourth-order valence-electron chi connectivity index (χ4n) is 2.04. The van der Waals surface area contributed by atoms with Gasteiger partial charge in [-0.3, -0.25) is 0 Å². The van der Waals surface area contributed by atoms with E-state index in [9.17, 15) is 8.42 Å². The van der Waals surface area contributed by atoms with Crippen LogP contribution in [0, 0.1) is 16.7 Å². The van der Waals surface area contributed by atoms with E-state index in [2.05, 4.69) is 6.07 Å². The molecule has 1 heterocycles. The van der Waals surface area contributed by atoms with E-state index >= 15 is 0 Å². The minimum absolute atomic E-state index is 0.366. The molecule has 1 rings (SSSR count). The lowest BCUT2D eigenvalue weighted by Crippen LogP contribution is -2.48. The SMILES string of the molecule is CCN(CC)S(=O)(=O)N1CCC(C)(C#N)CC1. The first kappa shape index (κ1) is 14.4. The number of hydrogen-bond donors (Lipinski definition) is 0. The molecule has 0 spiro atoms. The minimum atomic E-state index is -3.33. The summed E-state index contributed by atoms with van der Waals surface area (Å²) in [6.45, 7) is 7.45. The zero-order valence-electron chi connectivity index (χ0n) is 10.8. The molecule has 17 heavy (non-hydrogen) atoms. The summed E-state index contributed by atoms with van der Waals surface area (Å²) in [5.74, 6) is 0. The monoisotopic (exact) mass is 259 g/mol. The van der Waals surface area contributed by atoms with Crippen molar-refractivity contribution in [1.29, 1.82) is 5.26 Å². The van der Waals surface area contributed by atoms with E-state index in [4.69, 9.17) is 5.26 Å². The van der Waals surface area contributed by atoms with E-state index in [0.717, 1.165) is 0 Å². The molecule has 1 aliphatic rings. The Morgan fingerprint density at radius 3 is 2.12 bits per heavy atom. The molecule has 0 bridgehead atoms. The quantitative estimate of drug-likeness (QED) is 0.762. The Morgan fingerprint density at radius 2 is 1.76 bits per heavy atom. The number of nitrogens with zero attached hydrogens (tertiary/aromatic N) is 3. The van der Waals surface area contributed by atoms with E-state index in [1.165, 1.54) is 8.61 Å². The first-order valence-electron chi connectivity index (χ1n) is 6.06. The molecule has 1 saturated heterocycles. The lowest BCUT2D eigenvalue weighted by atomic mass is 9.83. The van der Waals surface area contributed by atoms with Gasteiger partial charge in [0, 0.05) is 26.2 Å². The molecule has 0 aliphatic carbocycles. The molecule has 6 heteroatoms. The van der Waals surface area contributed by atoms with Gasteiger partial charge in [0.15, 0.2) is 0 Å². The van der Waals surface area contributed by atoms with Gasteiger partial charge in [0.2, 0.25) is 0 Å². The van der Waals surface area contributed by atoms with Gasteiger partial charge in [0.25, 0.3) is 10.2 Å². The molecule has 0 unspecified atom stereocenters. The van der Waals surface area contributed by atoms with Crippen LogP contribution >= 0.6 is 0 Å². The van der Waals surface area contributed by atoms with Gasteiger partial charge in [-0.15, -0.1) is 0 Å². The fraction of sp³-hybridized carbons (Fsp3) is 0.909. The van der Waals surface area contributed by atoms with Crippen molar-refractivity contribution in [2.24, 2.45) is 5.41 Å². The normalized spacial score (nSPS) is 21.4. The van der Waals surface area contributed by atoms with Crippen LogP contribution in [0.2, 0.25) is 0 Å². The van der Waals surface area contributed by atoms with Crippen LogP contribution in [0.15, 0.2) is 0 Å². The van der Waals surface area contributed by atoms with Gasteiger partial charge in [0.1, 0.15) is 0 Å². The summed E-state index contributed by atoms with van der Waals surface area (Å²) in [6.07, 6.45) is 1.23. The van der Waals surface area contributed by atoms with E-state index in [1.807, 2.05) is 20.8 Å². The van der Waals surface area contributed by atoms with Gasteiger partial charge in [-0.25, -0.2) is 0 Å². The Bertz CT molecular complexity index is 387. The van der Waals surface area contributed by atoms with Gasteiger partial charge in [0.05, 0.1) is 11.5 Å². The molecule has 0 saturated carbocycles. The predicted octanol–water partition coefficient (Wildman–Crippen LogP) is 1.20.